The molecule has 0 radical (unpaired) electrons. The highest BCUT2D eigenvalue weighted by Gasteiger charge is 2.24. The molecule has 26 heavy (non-hydrogen) atoms. The Morgan fingerprint density at radius 1 is 1.19 bits per heavy atom. The van der Waals surface area contributed by atoms with Gasteiger partial charge in [0.15, 0.2) is 5.13 Å². The number of carbonyl (C=O) groups is 1. The number of pyridine rings is 1. The summed E-state index contributed by atoms with van der Waals surface area (Å²) in [6.07, 6.45) is 4.12. The number of hydrogen-bond donors (Lipinski definition) is 0. The van der Waals surface area contributed by atoms with E-state index in [0.717, 1.165) is 22.3 Å². The zero-order valence-corrected chi connectivity index (χ0v) is 14.9. The van der Waals surface area contributed by atoms with Crippen molar-refractivity contribution in [2.45, 2.75) is 19.9 Å². The molecule has 0 fully saturated rings. The minimum Gasteiger partial charge on any atom is -0.351 e. The molecule has 4 rings (SSSR count). The lowest BCUT2D eigenvalue weighted by molar-refractivity contribution is 0.0949. The molecule has 0 aliphatic rings. The fourth-order valence-corrected chi connectivity index (χ4v) is 3.66. The third kappa shape index (κ3) is 3.21. The van der Waals surface area contributed by atoms with E-state index >= 15 is 0 Å². The number of fused-ring (bicyclic) bond motifs is 1. The molecule has 0 bridgehead atoms. The fourth-order valence-electron chi connectivity index (χ4n) is 2.63. The standard InChI is InChI=1S/C19H16N4O2S/c1-2-13-6-7-15-17(11-13)26-19(22-15)23(12-14-5-3-4-9-20-14)18(24)16-8-10-21-25-16/h3-11H,2,12H2,1H3. The van der Waals surface area contributed by atoms with Crippen molar-refractivity contribution in [3.63, 3.8) is 0 Å². The number of nitrogens with zero attached hydrogens (tertiary/aromatic N) is 4. The topological polar surface area (TPSA) is 72.1 Å². The smallest absolute Gasteiger partial charge is 0.299 e. The van der Waals surface area contributed by atoms with Crippen LogP contribution in [0.4, 0.5) is 5.13 Å². The van der Waals surface area contributed by atoms with E-state index in [1.54, 1.807) is 17.2 Å². The predicted molar refractivity (Wildman–Crippen MR) is 100 cm³/mol. The van der Waals surface area contributed by atoms with Gasteiger partial charge in [0.1, 0.15) is 0 Å². The zero-order chi connectivity index (χ0) is 17.9. The van der Waals surface area contributed by atoms with Crippen LogP contribution in [-0.4, -0.2) is 21.0 Å². The van der Waals surface area contributed by atoms with Crippen LogP contribution in [0.15, 0.2) is 59.4 Å². The largest absolute Gasteiger partial charge is 0.351 e. The Hall–Kier alpha value is -3.06. The van der Waals surface area contributed by atoms with Crippen molar-refractivity contribution in [1.29, 1.82) is 0 Å². The number of hydrogen-bond acceptors (Lipinski definition) is 6. The third-order valence-electron chi connectivity index (χ3n) is 4.02. The second kappa shape index (κ2) is 7.05. The summed E-state index contributed by atoms with van der Waals surface area (Å²) >= 11 is 1.48. The monoisotopic (exact) mass is 364 g/mol. The van der Waals surface area contributed by atoms with Crippen LogP contribution in [0.25, 0.3) is 10.2 Å². The van der Waals surface area contributed by atoms with Crippen molar-refractivity contribution in [1.82, 2.24) is 15.1 Å². The van der Waals surface area contributed by atoms with E-state index in [0.29, 0.717) is 11.7 Å². The molecule has 0 N–H and O–H groups in total. The summed E-state index contributed by atoms with van der Waals surface area (Å²) < 4.78 is 6.11. The molecule has 0 saturated carbocycles. The molecular formula is C19H16N4O2S. The second-order valence-corrected chi connectivity index (χ2v) is 6.75. The molecule has 7 heteroatoms. The van der Waals surface area contributed by atoms with Crippen LogP contribution in [0.2, 0.25) is 0 Å². The lowest BCUT2D eigenvalue weighted by Gasteiger charge is -2.17. The summed E-state index contributed by atoms with van der Waals surface area (Å²) in [5.74, 6) is -0.114. The van der Waals surface area contributed by atoms with Gasteiger partial charge in [-0.15, -0.1) is 0 Å². The molecule has 6 nitrogen and oxygen atoms in total. The molecule has 0 aliphatic carbocycles. The number of anilines is 1. The summed E-state index contributed by atoms with van der Waals surface area (Å²) in [6.45, 7) is 2.42. The molecule has 0 saturated heterocycles. The SMILES string of the molecule is CCc1ccc2nc(N(Cc3ccccn3)C(=O)c3ccno3)sc2c1. The van der Waals surface area contributed by atoms with Crippen LogP contribution in [-0.2, 0) is 13.0 Å². The maximum atomic E-state index is 12.9. The Kier molecular flexibility index (Phi) is 4.45. The lowest BCUT2D eigenvalue weighted by atomic mass is 10.2. The highest BCUT2D eigenvalue weighted by atomic mass is 32.1. The van der Waals surface area contributed by atoms with E-state index in [1.165, 1.54) is 23.1 Å². The minimum absolute atomic E-state index is 0.175. The van der Waals surface area contributed by atoms with E-state index in [4.69, 9.17) is 4.52 Å². The molecule has 3 aromatic heterocycles. The Bertz CT molecular complexity index is 1030. The van der Waals surface area contributed by atoms with E-state index in [-0.39, 0.29) is 11.7 Å². The molecule has 0 unspecified atom stereocenters. The van der Waals surface area contributed by atoms with Gasteiger partial charge in [0.05, 0.1) is 28.7 Å². The summed E-state index contributed by atoms with van der Waals surface area (Å²) in [4.78, 5) is 23.5. The van der Waals surface area contributed by atoms with Gasteiger partial charge in [-0.3, -0.25) is 14.7 Å². The predicted octanol–water partition coefficient (Wildman–Crippen LogP) is 4.09. The minimum atomic E-state index is -0.289. The van der Waals surface area contributed by atoms with Gasteiger partial charge in [-0.25, -0.2) is 4.98 Å². The Morgan fingerprint density at radius 2 is 2.12 bits per heavy atom. The van der Waals surface area contributed by atoms with Gasteiger partial charge < -0.3 is 4.52 Å². The van der Waals surface area contributed by atoms with Crippen molar-refractivity contribution in [2.24, 2.45) is 0 Å². The Morgan fingerprint density at radius 3 is 2.85 bits per heavy atom. The molecule has 0 spiro atoms. The third-order valence-corrected chi connectivity index (χ3v) is 5.06. The van der Waals surface area contributed by atoms with E-state index < -0.39 is 0 Å². The average Bonchev–Trinajstić information content (AvgIpc) is 3.35. The van der Waals surface area contributed by atoms with Crippen LogP contribution >= 0.6 is 11.3 Å². The Labute approximate surface area is 154 Å². The normalized spacial score (nSPS) is 11.0. The highest BCUT2D eigenvalue weighted by Crippen LogP contribution is 2.31. The first-order valence-corrected chi connectivity index (χ1v) is 9.08. The van der Waals surface area contributed by atoms with Crippen LogP contribution in [0.5, 0.6) is 0 Å². The lowest BCUT2D eigenvalue weighted by Crippen LogP contribution is -2.30. The first kappa shape index (κ1) is 16.4. The van der Waals surface area contributed by atoms with Gasteiger partial charge in [-0.1, -0.05) is 35.5 Å². The van der Waals surface area contributed by atoms with Gasteiger partial charge >= 0.3 is 0 Å². The van der Waals surface area contributed by atoms with Gasteiger partial charge in [-0.05, 0) is 36.2 Å². The van der Waals surface area contributed by atoms with Gasteiger partial charge in [0.2, 0.25) is 5.76 Å². The zero-order valence-electron chi connectivity index (χ0n) is 14.1. The van der Waals surface area contributed by atoms with Crippen LogP contribution in [0.3, 0.4) is 0 Å². The molecule has 3 heterocycles. The number of carbonyl (C=O) groups excluding carboxylic acids is 1. The Balaban J connectivity index is 1.75. The van der Waals surface area contributed by atoms with Crippen LogP contribution in [0.1, 0.15) is 28.7 Å². The van der Waals surface area contributed by atoms with Crippen LogP contribution in [0, 0.1) is 0 Å². The summed E-state index contributed by atoms with van der Waals surface area (Å²) in [6, 6.07) is 13.3. The molecule has 0 aliphatic heterocycles. The average molecular weight is 364 g/mol. The highest BCUT2D eigenvalue weighted by molar-refractivity contribution is 7.22. The summed E-state index contributed by atoms with van der Waals surface area (Å²) in [7, 11) is 0. The molecular weight excluding hydrogens is 348 g/mol. The van der Waals surface area contributed by atoms with Crippen molar-refractivity contribution in [2.75, 3.05) is 4.90 Å². The molecule has 1 amide bonds. The molecule has 1 aromatic carbocycles. The maximum Gasteiger partial charge on any atom is 0.299 e. The number of amides is 1. The molecule has 0 atom stereocenters. The van der Waals surface area contributed by atoms with Crippen molar-refractivity contribution in [3.05, 3.63) is 71.9 Å². The number of aryl methyl sites for hydroxylation is 1. The van der Waals surface area contributed by atoms with Crippen molar-refractivity contribution in [3.8, 4) is 0 Å². The van der Waals surface area contributed by atoms with Gasteiger partial charge in [0.25, 0.3) is 5.91 Å². The molecule has 4 aromatic rings. The van der Waals surface area contributed by atoms with Crippen LogP contribution < -0.4 is 4.90 Å². The van der Waals surface area contributed by atoms with Gasteiger partial charge in [-0.2, -0.15) is 0 Å². The number of rotatable bonds is 5. The summed E-state index contributed by atoms with van der Waals surface area (Å²) in [5.41, 5.74) is 2.89. The number of thiazole rings is 1. The quantitative estimate of drug-likeness (QED) is 0.533. The fraction of sp³-hybridized carbons (Fsp3) is 0.158. The van der Waals surface area contributed by atoms with E-state index in [2.05, 4.69) is 34.2 Å². The number of aromatic nitrogens is 3. The molecule has 130 valence electrons. The van der Waals surface area contributed by atoms with Crippen molar-refractivity contribution < 1.29 is 9.32 Å². The summed E-state index contributed by atoms with van der Waals surface area (Å²) in [5, 5.41) is 4.25. The van der Waals surface area contributed by atoms with Crippen molar-refractivity contribution >= 4 is 32.6 Å². The van der Waals surface area contributed by atoms with Gasteiger partial charge in [0, 0.05) is 12.3 Å². The first-order chi connectivity index (χ1) is 12.7. The van der Waals surface area contributed by atoms with E-state index in [1.807, 2.05) is 24.3 Å². The van der Waals surface area contributed by atoms with E-state index in [9.17, 15) is 4.79 Å². The maximum absolute atomic E-state index is 12.9. The second-order valence-electron chi connectivity index (χ2n) is 5.74. The first-order valence-electron chi connectivity index (χ1n) is 8.26. The number of benzene rings is 1.